The number of aliphatic hydroxyl groups excluding tert-OH is 2. The minimum Gasteiger partial charge on any atom is -0.392 e. The molecule has 0 spiro atoms. The summed E-state index contributed by atoms with van der Waals surface area (Å²) in [5, 5.41) is 19.4. The van der Waals surface area contributed by atoms with Crippen LogP contribution in [0.1, 0.15) is 20.8 Å². The van der Waals surface area contributed by atoms with E-state index in [1.165, 1.54) is 0 Å². The van der Waals surface area contributed by atoms with Crippen molar-refractivity contribution in [3.8, 4) is 0 Å². The number of hydrogen-bond donors (Lipinski definition) is 2. The molecule has 0 saturated carbocycles. The molecule has 1 aliphatic rings. The molecule has 0 heterocycles. The molecule has 0 fully saturated rings. The van der Waals surface area contributed by atoms with E-state index < -0.39 is 12.2 Å². The second-order valence-electron chi connectivity index (χ2n) is 3.94. The summed E-state index contributed by atoms with van der Waals surface area (Å²) >= 11 is 0. The molecule has 0 bridgehead atoms. The number of rotatable bonds is 0. The molecule has 0 aliphatic heterocycles. The zero-order valence-corrected chi connectivity index (χ0v) is 7.94. The zero-order valence-electron chi connectivity index (χ0n) is 7.94. The van der Waals surface area contributed by atoms with E-state index in [4.69, 9.17) is 0 Å². The third kappa shape index (κ3) is 1.70. The predicted octanol–water partition coefficient (Wildman–Crippen LogP) is 1.19. The molecule has 2 nitrogen and oxygen atoms in total. The van der Waals surface area contributed by atoms with Crippen molar-refractivity contribution in [2.24, 2.45) is 17.8 Å². The standard InChI is InChI=1S/C10H18O2/c1-6-4-5-7(2)10(12)8(3)9(6)11/h4-12H,1-3H3/t6-,7-,9-,10-/m1/s1. The van der Waals surface area contributed by atoms with Crippen LogP contribution in [0.3, 0.4) is 0 Å². The Bertz CT molecular complexity index is 159. The molecule has 0 radical (unpaired) electrons. The topological polar surface area (TPSA) is 40.5 Å². The Morgan fingerprint density at radius 3 is 1.50 bits per heavy atom. The fourth-order valence-corrected chi connectivity index (χ4v) is 1.74. The summed E-state index contributed by atoms with van der Waals surface area (Å²) in [4.78, 5) is 0. The first-order valence-electron chi connectivity index (χ1n) is 4.58. The molecule has 1 rings (SSSR count). The lowest BCUT2D eigenvalue weighted by atomic mass is 9.88. The highest BCUT2D eigenvalue weighted by Gasteiger charge is 2.30. The highest BCUT2D eigenvalue weighted by Crippen LogP contribution is 2.26. The van der Waals surface area contributed by atoms with Gasteiger partial charge in [0, 0.05) is 17.8 Å². The molecular weight excluding hydrogens is 152 g/mol. The van der Waals surface area contributed by atoms with Crippen LogP contribution in [0.15, 0.2) is 12.2 Å². The van der Waals surface area contributed by atoms with Crippen molar-refractivity contribution < 1.29 is 10.2 Å². The van der Waals surface area contributed by atoms with Crippen molar-refractivity contribution >= 4 is 0 Å². The Morgan fingerprint density at radius 1 is 0.833 bits per heavy atom. The van der Waals surface area contributed by atoms with Gasteiger partial charge in [0.15, 0.2) is 0 Å². The van der Waals surface area contributed by atoms with Crippen LogP contribution < -0.4 is 0 Å². The summed E-state index contributed by atoms with van der Waals surface area (Å²) in [5.74, 6) is 0.268. The summed E-state index contributed by atoms with van der Waals surface area (Å²) < 4.78 is 0. The Morgan fingerprint density at radius 2 is 1.17 bits per heavy atom. The predicted molar refractivity (Wildman–Crippen MR) is 48.6 cm³/mol. The molecule has 2 heteroatoms. The Balaban J connectivity index is 2.79. The SMILES string of the molecule is CC1[C@H](O)[C@H](C)C=C[C@@H](C)[C@H]1O. The first kappa shape index (κ1) is 9.75. The van der Waals surface area contributed by atoms with Crippen molar-refractivity contribution in [1.29, 1.82) is 0 Å². The van der Waals surface area contributed by atoms with E-state index in [-0.39, 0.29) is 17.8 Å². The lowest BCUT2D eigenvalue weighted by Crippen LogP contribution is -2.34. The normalized spacial score (nSPS) is 44.4. The number of aliphatic hydroxyl groups is 2. The third-order valence-electron chi connectivity index (χ3n) is 2.87. The van der Waals surface area contributed by atoms with Crippen LogP contribution in [-0.4, -0.2) is 22.4 Å². The molecule has 12 heavy (non-hydrogen) atoms. The van der Waals surface area contributed by atoms with Gasteiger partial charge in [-0.05, 0) is 0 Å². The van der Waals surface area contributed by atoms with Crippen LogP contribution in [-0.2, 0) is 0 Å². The molecule has 0 unspecified atom stereocenters. The fourth-order valence-electron chi connectivity index (χ4n) is 1.74. The highest BCUT2D eigenvalue weighted by atomic mass is 16.3. The number of hydrogen-bond acceptors (Lipinski definition) is 2. The summed E-state index contributed by atoms with van der Waals surface area (Å²) in [5.41, 5.74) is 0. The van der Waals surface area contributed by atoms with Crippen molar-refractivity contribution in [3.05, 3.63) is 12.2 Å². The summed E-state index contributed by atoms with van der Waals surface area (Å²) in [7, 11) is 0. The summed E-state index contributed by atoms with van der Waals surface area (Å²) in [6.07, 6.45) is 3.15. The minimum absolute atomic E-state index is 0.0370. The van der Waals surface area contributed by atoms with Gasteiger partial charge in [0.1, 0.15) is 0 Å². The molecule has 2 N–H and O–H groups in total. The van der Waals surface area contributed by atoms with Gasteiger partial charge in [-0.2, -0.15) is 0 Å². The second-order valence-corrected chi connectivity index (χ2v) is 3.94. The van der Waals surface area contributed by atoms with Crippen LogP contribution in [0, 0.1) is 17.8 Å². The van der Waals surface area contributed by atoms with Gasteiger partial charge < -0.3 is 10.2 Å². The van der Waals surface area contributed by atoms with Gasteiger partial charge in [-0.1, -0.05) is 32.9 Å². The second kappa shape index (κ2) is 3.58. The maximum atomic E-state index is 9.70. The Hall–Kier alpha value is -0.340. The fraction of sp³-hybridized carbons (Fsp3) is 0.800. The van der Waals surface area contributed by atoms with Crippen LogP contribution in [0.4, 0.5) is 0 Å². The lowest BCUT2D eigenvalue weighted by Gasteiger charge is -2.26. The molecule has 4 atom stereocenters. The minimum atomic E-state index is -0.416. The first-order chi connectivity index (χ1) is 5.54. The van der Waals surface area contributed by atoms with Gasteiger partial charge >= 0.3 is 0 Å². The van der Waals surface area contributed by atoms with Crippen molar-refractivity contribution in [2.45, 2.75) is 33.0 Å². The average molecular weight is 170 g/mol. The van der Waals surface area contributed by atoms with E-state index >= 15 is 0 Å². The summed E-state index contributed by atoms with van der Waals surface area (Å²) in [6, 6.07) is 0. The van der Waals surface area contributed by atoms with Gasteiger partial charge in [-0.3, -0.25) is 0 Å². The van der Waals surface area contributed by atoms with Gasteiger partial charge in [-0.25, -0.2) is 0 Å². The van der Waals surface area contributed by atoms with Gasteiger partial charge in [-0.15, -0.1) is 0 Å². The largest absolute Gasteiger partial charge is 0.392 e. The van der Waals surface area contributed by atoms with E-state index in [2.05, 4.69) is 0 Å². The maximum absolute atomic E-state index is 9.70. The van der Waals surface area contributed by atoms with Crippen molar-refractivity contribution in [3.63, 3.8) is 0 Å². The van der Waals surface area contributed by atoms with Gasteiger partial charge in [0.25, 0.3) is 0 Å². The molecule has 70 valence electrons. The van der Waals surface area contributed by atoms with E-state index in [1.54, 1.807) is 0 Å². The summed E-state index contributed by atoms with van der Waals surface area (Å²) in [6.45, 7) is 5.85. The Kier molecular flexibility index (Phi) is 2.91. The van der Waals surface area contributed by atoms with E-state index in [1.807, 2.05) is 32.9 Å². The zero-order chi connectivity index (χ0) is 9.30. The average Bonchev–Trinajstić information content (AvgIpc) is 2.14. The Labute approximate surface area is 73.9 Å². The maximum Gasteiger partial charge on any atom is 0.0650 e. The van der Waals surface area contributed by atoms with Gasteiger partial charge in [0.2, 0.25) is 0 Å². The lowest BCUT2D eigenvalue weighted by molar-refractivity contribution is -0.00566. The molecule has 0 aromatic heterocycles. The highest BCUT2D eigenvalue weighted by molar-refractivity contribution is 5.01. The van der Waals surface area contributed by atoms with Crippen molar-refractivity contribution in [2.75, 3.05) is 0 Å². The van der Waals surface area contributed by atoms with E-state index in [9.17, 15) is 10.2 Å². The molecule has 0 aromatic carbocycles. The first-order valence-corrected chi connectivity index (χ1v) is 4.58. The molecule has 0 amide bonds. The third-order valence-corrected chi connectivity index (χ3v) is 2.87. The van der Waals surface area contributed by atoms with Crippen molar-refractivity contribution in [1.82, 2.24) is 0 Å². The molecular formula is C10H18O2. The monoisotopic (exact) mass is 170 g/mol. The van der Waals surface area contributed by atoms with Gasteiger partial charge in [0.05, 0.1) is 12.2 Å². The molecule has 0 saturated heterocycles. The van der Waals surface area contributed by atoms with Crippen LogP contribution in [0.5, 0.6) is 0 Å². The van der Waals surface area contributed by atoms with Crippen LogP contribution in [0.25, 0.3) is 0 Å². The van der Waals surface area contributed by atoms with E-state index in [0.29, 0.717) is 0 Å². The van der Waals surface area contributed by atoms with Crippen LogP contribution in [0.2, 0.25) is 0 Å². The molecule has 0 aromatic rings. The molecule has 1 aliphatic carbocycles. The smallest absolute Gasteiger partial charge is 0.0650 e. The van der Waals surface area contributed by atoms with Crippen LogP contribution >= 0.6 is 0 Å². The van der Waals surface area contributed by atoms with E-state index in [0.717, 1.165) is 0 Å². The quantitative estimate of drug-likeness (QED) is 0.536.